The Bertz CT molecular complexity index is 754. The molecule has 120 valence electrons. The quantitative estimate of drug-likeness (QED) is 0.795. The average molecular weight is 343 g/mol. The van der Waals surface area contributed by atoms with Crippen molar-refractivity contribution >= 4 is 23.6 Å². The molecule has 7 heteroatoms. The molecule has 0 radical (unpaired) electrons. The van der Waals surface area contributed by atoms with E-state index in [1.165, 1.54) is 30.3 Å². The van der Waals surface area contributed by atoms with E-state index in [0.717, 1.165) is 6.08 Å². The lowest BCUT2D eigenvalue weighted by molar-refractivity contribution is -0.274. The fraction of sp³-hybridized carbons (Fsp3) is 0.0625. The van der Waals surface area contributed by atoms with Gasteiger partial charge in [-0.05, 0) is 41.5 Å². The van der Waals surface area contributed by atoms with Crippen molar-refractivity contribution < 1.29 is 27.8 Å². The molecule has 0 saturated carbocycles. The first-order valence-electron chi connectivity index (χ1n) is 6.31. The van der Waals surface area contributed by atoms with E-state index >= 15 is 0 Å². The number of aliphatic carboxylic acids is 1. The summed E-state index contributed by atoms with van der Waals surface area (Å²) in [5.74, 6) is -1.47. The molecule has 2 rings (SSSR count). The zero-order valence-electron chi connectivity index (χ0n) is 11.5. The summed E-state index contributed by atoms with van der Waals surface area (Å²) in [5, 5.41) is 8.95. The van der Waals surface area contributed by atoms with E-state index in [1.807, 2.05) is 0 Å². The Balaban J connectivity index is 2.39. The molecule has 0 aromatic heterocycles. The van der Waals surface area contributed by atoms with Gasteiger partial charge in [-0.1, -0.05) is 29.8 Å². The lowest BCUT2D eigenvalue weighted by Gasteiger charge is -2.11. The van der Waals surface area contributed by atoms with Crippen LogP contribution in [-0.4, -0.2) is 17.4 Å². The van der Waals surface area contributed by atoms with Gasteiger partial charge in [-0.25, -0.2) is 4.79 Å². The summed E-state index contributed by atoms with van der Waals surface area (Å²) in [6.07, 6.45) is -2.47. The van der Waals surface area contributed by atoms with Crippen LogP contribution >= 0.6 is 11.6 Å². The van der Waals surface area contributed by atoms with Crippen LogP contribution in [0.2, 0.25) is 5.02 Å². The Hall–Kier alpha value is -2.47. The van der Waals surface area contributed by atoms with Crippen LogP contribution in [0.3, 0.4) is 0 Å². The first-order chi connectivity index (χ1) is 10.7. The SMILES string of the molecule is O=C(O)/C=C/c1ccc(Cl)c(-c2cccc(OC(F)(F)F)c2)c1. The van der Waals surface area contributed by atoms with E-state index in [2.05, 4.69) is 4.74 Å². The highest BCUT2D eigenvalue weighted by atomic mass is 35.5. The molecule has 0 atom stereocenters. The first-order valence-corrected chi connectivity index (χ1v) is 6.69. The van der Waals surface area contributed by atoms with Gasteiger partial charge in [0.05, 0.1) is 0 Å². The largest absolute Gasteiger partial charge is 0.573 e. The number of carboxylic acid groups (broad SMARTS) is 1. The molecule has 0 unspecified atom stereocenters. The lowest BCUT2D eigenvalue weighted by Crippen LogP contribution is -2.17. The molecular weight excluding hydrogens is 333 g/mol. The third kappa shape index (κ3) is 5.03. The Morgan fingerprint density at radius 2 is 1.91 bits per heavy atom. The molecule has 0 heterocycles. The first kappa shape index (κ1) is 16.9. The molecular formula is C16H10ClF3O3. The van der Waals surface area contributed by atoms with E-state index in [4.69, 9.17) is 16.7 Å². The van der Waals surface area contributed by atoms with Gasteiger partial charge in [-0.15, -0.1) is 13.2 Å². The highest BCUT2D eigenvalue weighted by molar-refractivity contribution is 6.33. The smallest absolute Gasteiger partial charge is 0.478 e. The zero-order valence-corrected chi connectivity index (χ0v) is 12.2. The van der Waals surface area contributed by atoms with Crippen molar-refractivity contribution in [3.05, 3.63) is 59.1 Å². The van der Waals surface area contributed by atoms with E-state index in [1.54, 1.807) is 18.2 Å². The number of rotatable bonds is 4. The third-order valence-electron chi connectivity index (χ3n) is 2.79. The molecule has 1 N–H and O–H groups in total. The molecule has 3 nitrogen and oxygen atoms in total. The minimum Gasteiger partial charge on any atom is -0.478 e. The molecule has 23 heavy (non-hydrogen) atoms. The van der Waals surface area contributed by atoms with Crippen molar-refractivity contribution in [2.24, 2.45) is 0 Å². The number of benzene rings is 2. The van der Waals surface area contributed by atoms with Gasteiger partial charge < -0.3 is 9.84 Å². The van der Waals surface area contributed by atoms with Crippen molar-refractivity contribution in [2.75, 3.05) is 0 Å². The summed E-state index contributed by atoms with van der Waals surface area (Å²) in [6, 6.07) is 10.1. The minimum absolute atomic E-state index is 0.321. The minimum atomic E-state index is -4.78. The number of alkyl halides is 3. The van der Waals surface area contributed by atoms with Gasteiger partial charge in [0.25, 0.3) is 0 Å². The van der Waals surface area contributed by atoms with E-state index in [0.29, 0.717) is 21.7 Å². The molecule has 0 aliphatic carbocycles. The maximum atomic E-state index is 12.3. The standard InChI is InChI=1S/C16H10ClF3O3/c17-14-6-4-10(5-7-15(21)22)8-13(14)11-2-1-3-12(9-11)23-16(18,19)20/h1-9H,(H,21,22)/b7-5+. The van der Waals surface area contributed by atoms with E-state index < -0.39 is 12.3 Å². The number of carboxylic acids is 1. The van der Waals surface area contributed by atoms with Crippen molar-refractivity contribution in [3.8, 4) is 16.9 Å². The highest BCUT2D eigenvalue weighted by Crippen LogP contribution is 2.33. The molecule has 0 aliphatic heterocycles. The van der Waals surface area contributed by atoms with Crippen molar-refractivity contribution in [3.63, 3.8) is 0 Å². The summed E-state index contributed by atoms with van der Waals surface area (Å²) in [7, 11) is 0. The Labute approximate surface area is 134 Å². The van der Waals surface area contributed by atoms with Crippen molar-refractivity contribution in [1.29, 1.82) is 0 Å². The Morgan fingerprint density at radius 3 is 2.57 bits per heavy atom. The fourth-order valence-corrected chi connectivity index (χ4v) is 2.12. The van der Waals surface area contributed by atoms with Crippen LogP contribution in [0.4, 0.5) is 13.2 Å². The maximum absolute atomic E-state index is 12.3. The predicted molar refractivity (Wildman–Crippen MR) is 80.2 cm³/mol. The third-order valence-corrected chi connectivity index (χ3v) is 3.12. The van der Waals surface area contributed by atoms with Gasteiger partial charge in [0.2, 0.25) is 0 Å². The maximum Gasteiger partial charge on any atom is 0.573 e. The second-order valence-electron chi connectivity index (χ2n) is 4.49. The molecule has 0 aliphatic rings. The zero-order chi connectivity index (χ0) is 17.0. The van der Waals surface area contributed by atoms with Gasteiger partial charge in [-0.3, -0.25) is 0 Å². The number of carbonyl (C=O) groups is 1. The normalized spacial score (nSPS) is 11.7. The summed E-state index contributed by atoms with van der Waals surface area (Å²) in [6.45, 7) is 0. The number of halogens is 4. The van der Waals surface area contributed by atoms with E-state index in [-0.39, 0.29) is 5.75 Å². The molecule has 0 spiro atoms. The molecule has 2 aromatic carbocycles. The number of ether oxygens (including phenoxy) is 1. The van der Waals surface area contributed by atoms with Crippen molar-refractivity contribution in [2.45, 2.75) is 6.36 Å². The van der Waals surface area contributed by atoms with Crippen LogP contribution < -0.4 is 4.74 Å². The predicted octanol–water partition coefficient (Wildman–Crippen LogP) is 5.00. The van der Waals surface area contributed by atoms with Crippen molar-refractivity contribution in [1.82, 2.24) is 0 Å². The van der Waals surface area contributed by atoms with Crippen LogP contribution in [0.5, 0.6) is 5.75 Å². The van der Waals surface area contributed by atoms with Gasteiger partial charge >= 0.3 is 12.3 Å². The van der Waals surface area contributed by atoms with Crippen LogP contribution in [0.15, 0.2) is 48.5 Å². The number of hydrogen-bond acceptors (Lipinski definition) is 2. The Kier molecular flexibility index (Phi) is 4.95. The second-order valence-corrected chi connectivity index (χ2v) is 4.89. The number of hydrogen-bond donors (Lipinski definition) is 1. The monoisotopic (exact) mass is 342 g/mol. The van der Waals surface area contributed by atoms with Crippen LogP contribution in [0.25, 0.3) is 17.2 Å². The fourth-order valence-electron chi connectivity index (χ4n) is 1.90. The summed E-state index contributed by atoms with van der Waals surface area (Å²) >= 11 is 6.08. The average Bonchev–Trinajstić information content (AvgIpc) is 2.44. The van der Waals surface area contributed by atoms with E-state index in [9.17, 15) is 18.0 Å². The van der Waals surface area contributed by atoms with Gasteiger partial charge in [0, 0.05) is 16.7 Å². The van der Waals surface area contributed by atoms with Crippen LogP contribution in [0.1, 0.15) is 5.56 Å². The van der Waals surface area contributed by atoms with Gasteiger partial charge in [-0.2, -0.15) is 0 Å². The molecule has 0 saturated heterocycles. The topological polar surface area (TPSA) is 46.5 Å². The van der Waals surface area contributed by atoms with Gasteiger partial charge in [0.1, 0.15) is 5.75 Å². The van der Waals surface area contributed by atoms with Gasteiger partial charge in [0.15, 0.2) is 0 Å². The van der Waals surface area contributed by atoms with Crippen LogP contribution in [0, 0.1) is 0 Å². The highest BCUT2D eigenvalue weighted by Gasteiger charge is 2.31. The Morgan fingerprint density at radius 1 is 1.17 bits per heavy atom. The molecule has 0 bridgehead atoms. The van der Waals surface area contributed by atoms with Crippen LogP contribution in [-0.2, 0) is 4.79 Å². The summed E-state index contributed by atoms with van der Waals surface area (Å²) in [4.78, 5) is 10.5. The summed E-state index contributed by atoms with van der Waals surface area (Å²) in [5.41, 5.74) is 1.43. The molecule has 0 amide bonds. The molecule has 2 aromatic rings. The summed E-state index contributed by atoms with van der Waals surface area (Å²) < 4.78 is 40.7. The lowest BCUT2D eigenvalue weighted by atomic mass is 10.0. The molecule has 0 fully saturated rings. The second kappa shape index (κ2) is 6.75.